The number of imide groups is 1. The summed E-state index contributed by atoms with van der Waals surface area (Å²) in [5.74, 6) is -2.04. The maximum atomic E-state index is 11.8. The number of nitrogens with zero attached hydrogens (tertiary/aromatic N) is 1. The number of urea groups is 1. The summed E-state index contributed by atoms with van der Waals surface area (Å²) < 4.78 is 4.62. The smallest absolute Gasteiger partial charge is 0.324 e. The molecule has 8 heteroatoms. The van der Waals surface area contributed by atoms with Crippen LogP contribution in [0.1, 0.15) is 32.1 Å². The van der Waals surface area contributed by atoms with Crippen molar-refractivity contribution in [3.05, 3.63) is 0 Å². The number of likely N-dealkylation sites (tertiary alicyclic amines) is 1. The van der Waals surface area contributed by atoms with Crippen molar-refractivity contribution in [2.45, 2.75) is 32.1 Å². The van der Waals surface area contributed by atoms with E-state index in [-0.39, 0.29) is 31.3 Å². The van der Waals surface area contributed by atoms with E-state index in [0.29, 0.717) is 25.8 Å². The maximum Gasteiger partial charge on any atom is 0.324 e. The van der Waals surface area contributed by atoms with Gasteiger partial charge in [0.05, 0.1) is 13.0 Å². The lowest BCUT2D eigenvalue weighted by Gasteiger charge is -2.16. The number of amides is 3. The van der Waals surface area contributed by atoms with Gasteiger partial charge in [-0.25, -0.2) is 4.79 Å². The third kappa shape index (κ3) is 5.80. The Kier molecular flexibility index (Phi) is 6.64. The largest absolute Gasteiger partial charge is 0.481 e. The predicted molar refractivity (Wildman–Crippen MR) is 71.3 cm³/mol. The van der Waals surface area contributed by atoms with Gasteiger partial charge in [0.1, 0.15) is 0 Å². The van der Waals surface area contributed by atoms with E-state index in [1.54, 1.807) is 0 Å². The average Bonchev–Trinajstić information content (AvgIpc) is 2.92. The number of ether oxygens (including phenoxy) is 1. The van der Waals surface area contributed by atoms with Crippen LogP contribution in [0.5, 0.6) is 0 Å². The van der Waals surface area contributed by atoms with Crippen molar-refractivity contribution in [3.63, 3.8) is 0 Å². The zero-order valence-corrected chi connectivity index (χ0v) is 12.0. The summed E-state index contributed by atoms with van der Waals surface area (Å²) in [4.78, 5) is 46.4. The van der Waals surface area contributed by atoms with Crippen molar-refractivity contribution in [2.75, 3.05) is 20.2 Å². The van der Waals surface area contributed by atoms with Gasteiger partial charge >= 0.3 is 18.0 Å². The van der Waals surface area contributed by atoms with Crippen molar-refractivity contribution in [1.82, 2.24) is 10.2 Å². The summed E-state index contributed by atoms with van der Waals surface area (Å²) in [7, 11) is 1.30. The van der Waals surface area contributed by atoms with Crippen molar-refractivity contribution in [2.24, 2.45) is 5.92 Å². The Morgan fingerprint density at radius 3 is 2.52 bits per heavy atom. The number of carboxylic acid groups (broad SMARTS) is 1. The monoisotopic (exact) mass is 300 g/mol. The Bertz CT molecular complexity index is 423. The standard InChI is InChI=1S/C13H20N2O6/c1-21-12(19)9-6-7-15(8-9)13(20)14-10(16)4-2-3-5-11(17)18/h9H,2-8H2,1H3,(H,17,18)(H,14,16,20). The van der Waals surface area contributed by atoms with Gasteiger partial charge in [0.25, 0.3) is 0 Å². The van der Waals surface area contributed by atoms with E-state index in [2.05, 4.69) is 10.1 Å². The Hall–Kier alpha value is -2.12. The molecule has 1 heterocycles. The van der Waals surface area contributed by atoms with Gasteiger partial charge in [0.15, 0.2) is 0 Å². The number of carbonyl (C=O) groups is 4. The lowest BCUT2D eigenvalue weighted by Crippen LogP contribution is -2.42. The average molecular weight is 300 g/mol. The van der Waals surface area contributed by atoms with E-state index in [4.69, 9.17) is 5.11 Å². The number of unbranched alkanes of at least 4 members (excludes halogenated alkanes) is 1. The first-order chi connectivity index (χ1) is 9.93. The third-order valence-corrected chi connectivity index (χ3v) is 3.30. The molecule has 0 aromatic rings. The normalized spacial score (nSPS) is 17.4. The van der Waals surface area contributed by atoms with Crippen LogP contribution in [0.2, 0.25) is 0 Å². The molecule has 0 saturated carbocycles. The summed E-state index contributed by atoms with van der Waals surface area (Å²) in [5, 5.41) is 10.7. The lowest BCUT2D eigenvalue weighted by atomic mass is 10.1. The molecular formula is C13H20N2O6. The van der Waals surface area contributed by atoms with Gasteiger partial charge in [-0.1, -0.05) is 0 Å². The summed E-state index contributed by atoms with van der Waals surface area (Å²) in [6.45, 7) is 0.642. The Morgan fingerprint density at radius 2 is 1.90 bits per heavy atom. The number of rotatable bonds is 6. The maximum absolute atomic E-state index is 11.8. The van der Waals surface area contributed by atoms with E-state index in [1.807, 2.05) is 0 Å². The van der Waals surface area contributed by atoms with Crippen molar-refractivity contribution >= 4 is 23.9 Å². The second-order valence-electron chi connectivity index (χ2n) is 4.91. The molecule has 21 heavy (non-hydrogen) atoms. The molecule has 0 spiro atoms. The third-order valence-electron chi connectivity index (χ3n) is 3.30. The molecule has 1 fully saturated rings. The van der Waals surface area contributed by atoms with Crippen LogP contribution in [0, 0.1) is 5.92 Å². The molecule has 0 aromatic heterocycles. The fourth-order valence-electron chi connectivity index (χ4n) is 2.13. The highest BCUT2D eigenvalue weighted by atomic mass is 16.5. The second kappa shape index (κ2) is 8.23. The highest BCUT2D eigenvalue weighted by molar-refractivity contribution is 5.94. The van der Waals surface area contributed by atoms with E-state index in [9.17, 15) is 19.2 Å². The summed E-state index contributed by atoms with van der Waals surface area (Å²) in [5.41, 5.74) is 0. The van der Waals surface area contributed by atoms with Crippen LogP contribution in [-0.2, 0) is 19.1 Å². The van der Waals surface area contributed by atoms with Gasteiger partial charge in [0.2, 0.25) is 5.91 Å². The Labute approximate surface area is 122 Å². The van der Waals surface area contributed by atoms with Gasteiger partial charge in [-0.3, -0.25) is 19.7 Å². The molecule has 1 aliphatic rings. The highest BCUT2D eigenvalue weighted by Gasteiger charge is 2.32. The summed E-state index contributed by atoms with van der Waals surface area (Å²) in [6.07, 6.45) is 1.44. The van der Waals surface area contributed by atoms with E-state index in [0.717, 1.165) is 0 Å². The molecule has 0 aliphatic carbocycles. The number of hydrogen-bond donors (Lipinski definition) is 2. The van der Waals surface area contributed by atoms with Gasteiger partial charge in [-0.05, 0) is 19.3 Å². The number of hydrogen-bond acceptors (Lipinski definition) is 5. The minimum atomic E-state index is -0.905. The van der Waals surface area contributed by atoms with Crippen LogP contribution in [0.25, 0.3) is 0 Å². The van der Waals surface area contributed by atoms with Gasteiger partial charge in [-0.2, -0.15) is 0 Å². The summed E-state index contributed by atoms with van der Waals surface area (Å²) in [6, 6.07) is -0.523. The van der Waals surface area contributed by atoms with Crippen LogP contribution < -0.4 is 5.32 Å². The molecule has 0 bridgehead atoms. The molecule has 8 nitrogen and oxygen atoms in total. The molecule has 1 rings (SSSR count). The fraction of sp³-hybridized carbons (Fsp3) is 0.692. The lowest BCUT2D eigenvalue weighted by molar-refractivity contribution is -0.144. The van der Waals surface area contributed by atoms with Crippen LogP contribution in [0.4, 0.5) is 4.79 Å². The van der Waals surface area contributed by atoms with Gasteiger partial charge in [0, 0.05) is 25.9 Å². The molecule has 0 aromatic carbocycles. The molecule has 1 atom stereocenters. The number of carbonyl (C=O) groups excluding carboxylic acids is 3. The fourth-order valence-corrected chi connectivity index (χ4v) is 2.13. The minimum absolute atomic E-state index is 0.00810. The Balaban J connectivity index is 2.25. The van der Waals surface area contributed by atoms with Crippen LogP contribution in [0.15, 0.2) is 0 Å². The molecule has 118 valence electrons. The van der Waals surface area contributed by atoms with Crippen molar-refractivity contribution < 1.29 is 29.0 Å². The predicted octanol–water partition coefficient (Wildman–Crippen LogP) is 0.362. The van der Waals surface area contributed by atoms with Crippen LogP contribution in [-0.4, -0.2) is 54.1 Å². The molecule has 3 amide bonds. The first-order valence-electron chi connectivity index (χ1n) is 6.82. The van der Waals surface area contributed by atoms with E-state index in [1.165, 1.54) is 12.0 Å². The zero-order valence-electron chi connectivity index (χ0n) is 12.0. The molecule has 1 aliphatic heterocycles. The van der Waals surface area contributed by atoms with E-state index >= 15 is 0 Å². The number of esters is 1. The SMILES string of the molecule is COC(=O)C1CCN(C(=O)NC(=O)CCCCC(=O)O)C1. The van der Waals surface area contributed by atoms with Crippen LogP contribution in [0.3, 0.4) is 0 Å². The number of methoxy groups -OCH3 is 1. The zero-order chi connectivity index (χ0) is 15.8. The van der Waals surface area contributed by atoms with Gasteiger partial charge < -0.3 is 14.7 Å². The number of nitrogens with one attached hydrogen (secondary N) is 1. The molecule has 1 unspecified atom stereocenters. The van der Waals surface area contributed by atoms with E-state index < -0.39 is 17.9 Å². The van der Waals surface area contributed by atoms with Crippen molar-refractivity contribution in [1.29, 1.82) is 0 Å². The first kappa shape index (κ1) is 16.9. The van der Waals surface area contributed by atoms with Gasteiger partial charge in [-0.15, -0.1) is 0 Å². The summed E-state index contributed by atoms with van der Waals surface area (Å²) >= 11 is 0. The first-order valence-corrected chi connectivity index (χ1v) is 6.82. The quantitative estimate of drug-likeness (QED) is 0.541. The minimum Gasteiger partial charge on any atom is -0.481 e. The number of carboxylic acids is 1. The number of aliphatic carboxylic acids is 1. The Morgan fingerprint density at radius 1 is 1.24 bits per heavy atom. The molecule has 1 saturated heterocycles. The molecule has 0 radical (unpaired) electrons. The second-order valence-corrected chi connectivity index (χ2v) is 4.91. The highest BCUT2D eigenvalue weighted by Crippen LogP contribution is 2.17. The van der Waals surface area contributed by atoms with Crippen molar-refractivity contribution in [3.8, 4) is 0 Å². The topological polar surface area (TPSA) is 113 Å². The molecular weight excluding hydrogens is 280 g/mol. The molecule has 2 N–H and O–H groups in total. The van der Waals surface area contributed by atoms with Crippen LogP contribution >= 0.6 is 0 Å².